The lowest BCUT2D eigenvalue weighted by molar-refractivity contribution is -0.122. The molecule has 0 spiro atoms. The number of thioether (sulfide) groups is 1. The number of hydrogen-bond donors (Lipinski definition) is 2. The van der Waals surface area contributed by atoms with Crippen LogP contribution < -0.4 is 10.6 Å². The normalized spacial score (nSPS) is 18.4. The number of fused-ring (bicyclic) bond motifs is 1. The third kappa shape index (κ3) is 4.53. The highest BCUT2D eigenvalue weighted by atomic mass is 32.2. The zero-order valence-electron chi connectivity index (χ0n) is 12.5. The zero-order valence-corrected chi connectivity index (χ0v) is 13.3. The Bertz CT molecular complexity index is 468. The van der Waals surface area contributed by atoms with Crippen LogP contribution in [0.1, 0.15) is 44.4 Å². The van der Waals surface area contributed by atoms with Crippen molar-refractivity contribution in [2.75, 3.05) is 12.3 Å². The lowest BCUT2D eigenvalue weighted by Gasteiger charge is -2.26. The van der Waals surface area contributed by atoms with Crippen LogP contribution in [0.15, 0.2) is 24.3 Å². The molecule has 4 heteroatoms. The summed E-state index contributed by atoms with van der Waals surface area (Å²) in [5.41, 5.74) is 2.66. The molecule has 1 aliphatic heterocycles. The first-order chi connectivity index (χ1) is 9.46. The van der Waals surface area contributed by atoms with Crippen LogP contribution in [0, 0.1) is 0 Å². The molecule has 110 valence electrons. The standard InChI is InChI=1S/C16H24N2OS/c1-16(2,3)18-15(19)8-9-17-14-11-20-10-12-6-4-5-7-13(12)14/h4-7,14,17H,8-11H2,1-3H3,(H,18,19). The summed E-state index contributed by atoms with van der Waals surface area (Å²) >= 11 is 1.95. The molecule has 0 saturated heterocycles. The smallest absolute Gasteiger partial charge is 0.221 e. The second kappa shape index (κ2) is 6.64. The van der Waals surface area contributed by atoms with E-state index in [0.29, 0.717) is 12.5 Å². The Labute approximate surface area is 125 Å². The van der Waals surface area contributed by atoms with Gasteiger partial charge >= 0.3 is 0 Å². The number of carbonyl (C=O) groups is 1. The fourth-order valence-corrected chi connectivity index (χ4v) is 3.53. The summed E-state index contributed by atoms with van der Waals surface area (Å²) in [6.07, 6.45) is 0.528. The van der Waals surface area contributed by atoms with Gasteiger partial charge in [0.15, 0.2) is 0 Å². The highest BCUT2D eigenvalue weighted by Gasteiger charge is 2.20. The van der Waals surface area contributed by atoms with Crippen molar-refractivity contribution in [1.82, 2.24) is 10.6 Å². The summed E-state index contributed by atoms with van der Waals surface area (Å²) in [6, 6.07) is 8.95. The summed E-state index contributed by atoms with van der Waals surface area (Å²) < 4.78 is 0. The van der Waals surface area contributed by atoms with E-state index in [9.17, 15) is 4.79 Å². The third-order valence-corrected chi connectivity index (χ3v) is 4.31. The molecule has 0 saturated carbocycles. The minimum Gasteiger partial charge on any atom is -0.351 e. The molecule has 1 aromatic carbocycles. The van der Waals surface area contributed by atoms with Gasteiger partial charge in [0.1, 0.15) is 0 Å². The van der Waals surface area contributed by atoms with Crippen LogP contribution in [0.3, 0.4) is 0 Å². The molecule has 20 heavy (non-hydrogen) atoms. The van der Waals surface area contributed by atoms with Crippen molar-refractivity contribution < 1.29 is 4.79 Å². The SMILES string of the molecule is CC(C)(C)NC(=O)CCNC1CSCc2ccccc21. The number of nitrogens with one attached hydrogen (secondary N) is 2. The summed E-state index contributed by atoms with van der Waals surface area (Å²) in [7, 11) is 0. The first kappa shape index (κ1) is 15.4. The van der Waals surface area contributed by atoms with Gasteiger partial charge in [0.05, 0.1) is 0 Å². The monoisotopic (exact) mass is 292 g/mol. The molecule has 1 atom stereocenters. The quantitative estimate of drug-likeness (QED) is 0.896. The molecule has 1 aromatic rings. The molecule has 2 N–H and O–H groups in total. The van der Waals surface area contributed by atoms with Gasteiger partial charge in [0, 0.05) is 36.1 Å². The van der Waals surface area contributed by atoms with Crippen molar-refractivity contribution >= 4 is 17.7 Å². The molecular formula is C16H24N2OS. The molecule has 0 radical (unpaired) electrons. The maximum atomic E-state index is 11.8. The first-order valence-electron chi connectivity index (χ1n) is 7.16. The van der Waals surface area contributed by atoms with Gasteiger partial charge < -0.3 is 10.6 Å². The van der Waals surface area contributed by atoms with Gasteiger partial charge in [-0.25, -0.2) is 0 Å². The number of benzene rings is 1. The average molecular weight is 292 g/mol. The zero-order chi connectivity index (χ0) is 14.6. The maximum absolute atomic E-state index is 11.8. The lowest BCUT2D eigenvalue weighted by Crippen LogP contribution is -2.42. The molecule has 1 amide bonds. The molecule has 1 unspecified atom stereocenters. The first-order valence-corrected chi connectivity index (χ1v) is 8.31. The molecule has 0 fully saturated rings. The Balaban J connectivity index is 1.82. The molecule has 1 aliphatic rings. The van der Waals surface area contributed by atoms with Crippen LogP contribution in [-0.4, -0.2) is 23.7 Å². The van der Waals surface area contributed by atoms with Crippen molar-refractivity contribution in [1.29, 1.82) is 0 Å². The maximum Gasteiger partial charge on any atom is 0.221 e. The molecule has 2 rings (SSSR count). The summed E-state index contributed by atoms with van der Waals surface area (Å²) in [6.45, 7) is 6.74. The largest absolute Gasteiger partial charge is 0.351 e. The summed E-state index contributed by atoms with van der Waals surface area (Å²) in [5, 5.41) is 6.50. The van der Waals surface area contributed by atoms with E-state index in [4.69, 9.17) is 0 Å². The van der Waals surface area contributed by atoms with E-state index in [1.165, 1.54) is 11.1 Å². The van der Waals surface area contributed by atoms with E-state index in [2.05, 4.69) is 34.9 Å². The predicted molar refractivity (Wildman–Crippen MR) is 85.9 cm³/mol. The van der Waals surface area contributed by atoms with Gasteiger partial charge in [0.25, 0.3) is 0 Å². The van der Waals surface area contributed by atoms with Crippen molar-refractivity contribution in [2.45, 2.75) is 44.5 Å². The summed E-state index contributed by atoms with van der Waals surface area (Å²) in [4.78, 5) is 11.8. The van der Waals surface area contributed by atoms with E-state index in [1.54, 1.807) is 0 Å². The molecular weight excluding hydrogens is 268 g/mol. The van der Waals surface area contributed by atoms with Crippen molar-refractivity contribution in [3.05, 3.63) is 35.4 Å². The highest BCUT2D eigenvalue weighted by molar-refractivity contribution is 7.98. The van der Waals surface area contributed by atoms with Gasteiger partial charge in [0.2, 0.25) is 5.91 Å². The van der Waals surface area contributed by atoms with Crippen LogP contribution >= 0.6 is 11.8 Å². The van der Waals surface area contributed by atoms with Crippen molar-refractivity contribution in [2.24, 2.45) is 0 Å². The minimum atomic E-state index is -0.148. The summed E-state index contributed by atoms with van der Waals surface area (Å²) in [5.74, 6) is 2.29. The molecule has 0 aromatic heterocycles. The van der Waals surface area contributed by atoms with Crippen molar-refractivity contribution in [3.8, 4) is 0 Å². The second-order valence-electron chi connectivity index (χ2n) is 6.27. The van der Waals surface area contributed by atoms with Crippen LogP contribution in [0.25, 0.3) is 0 Å². The number of amides is 1. The Kier molecular flexibility index (Phi) is 5.11. The van der Waals surface area contributed by atoms with E-state index in [-0.39, 0.29) is 11.4 Å². The average Bonchev–Trinajstić information content (AvgIpc) is 2.37. The van der Waals surface area contributed by atoms with Crippen LogP contribution in [0.4, 0.5) is 0 Å². The predicted octanol–water partition coefficient (Wildman–Crippen LogP) is 2.87. The van der Waals surface area contributed by atoms with E-state index in [0.717, 1.165) is 18.1 Å². The number of rotatable bonds is 4. The highest BCUT2D eigenvalue weighted by Crippen LogP contribution is 2.31. The number of carbonyl (C=O) groups excluding carboxylic acids is 1. The van der Waals surface area contributed by atoms with Gasteiger partial charge in [-0.15, -0.1) is 0 Å². The van der Waals surface area contributed by atoms with Gasteiger partial charge in [-0.3, -0.25) is 4.79 Å². The topological polar surface area (TPSA) is 41.1 Å². The minimum absolute atomic E-state index is 0.113. The molecule has 3 nitrogen and oxygen atoms in total. The lowest BCUT2D eigenvalue weighted by atomic mass is 10.0. The third-order valence-electron chi connectivity index (χ3n) is 3.23. The van der Waals surface area contributed by atoms with Gasteiger partial charge in [-0.2, -0.15) is 11.8 Å². The van der Waals surface area contributed by atoms with Crippen molar-refractivity contribution in [3.63, 3.8) is 0 Å². The Morgan fingerprint density at radius 3 is 2.85 bits per heavy atom. The fourth-order valence-electron chi connectivity index (χ4n) is 2.39. The van der Waals surface area contributed by atoms with Gasteiger partial charge in [-0.05, 0) is 31.9 Å². The molecule has 1 heterocycles. The van der Waals surface area contributed by atoms with Crippen LogP contribution in [-0.2, 0) is 10.5 Å². The Morgan fingerprint density at radius 1 is 1.35 bits per heavy atom. The van der Waals surface area contributed by atoms with E-state index < -0.39 is 0 Å². The second-order valence-corrected chi connectivity index (χ2v) is 7.30. The fraction of sp³-hybridized carbons (Fsp3) is 0.562. The van der Waals surface area contributed by atoms with E-state index >= 15 is 0 Å². The Hall–Kier alpha value is -1.00. The van der Waals surface area contributed by atoms with Gasteiger partial charge in [-0.1, -0.05) is 24.3 Å². The Morgan fingerprint density at radius 2 is 2.10 bits per heavy atom. The molecule has 0 bridgehead atoms. The van der Waals surface area contributed by atoms with E-state index in [1.807, 2.05) is 32.5 Å². The number of hydrogen-bond acceptors (Lipinski definition) is 3. The van der Waals surface area contributed by atoms with Crippen LogP contribution in [0.2, 0.25) is 0 Å². The molecule has 0 aliphatic carbocycles. The van der Waals surface area contributed by atoms with Crippen LogP contribution in [0.5, 0.6) is 0 Å².